The van der Waals surface area contributed by atoms with Crippen LogP contribution >= 0.6 is 0 Å². The van der Waals surface area contributed by atoms with Crippen LogP contribution in [0.3, 0.4) is 0 Å². The Morgan fingerprint density at radius 3 is 2.58 bits per heavy atom. The molecule has 3 N–H and O–H groups in total. The number of aromatic nitrogens is 2. The number of amides is 1. The SMILES string of the molecule is C[C@@H]1/C=C\C(=O)[C@@H](O)[C@@H](O)C/C=C/c2cc(N(CCn3ccnc3)C(=O)OC(C)(C)C)cc(O)c2C(=O)O[C@H]1C. The summed E-state index contributed by atoms with van der Waals surface area (Å²) in [6.45, 7) is 9.09. The smallest absolute Gasteiger partial charge is 0.414 e. The Morgan fingerprint density at radius 1 is 1.20 bits per heavy atom. The van der Waals surface area contributed by atoms with Gasteiger partial charge in [-0.3, -0.25) is 9.69 Å². The van der Waals surface area contributed by atoms with E-state index in [1.54, 1.807) is 57.9 Å². The third-order valence-electron chi connectivity index (χ3n) is 6.33. The van der Waals surface area contributed by atoms with E-state index in [1.165, 1.54) is 35.3 Å². The number of anilines is 1. The molecule has 1 aliphatic heterocycles. The van der Waals surface area contributed by atoms with E-state index < -0.39 is 53.4 Å². The molecule has 0 aliphatic carbocycles. The van der Waals surface area contributed by atoms with Crippen LogP contribution in [0.5, 0.6) is 5.75 Å². The number of hydrogen-bond donors (Lipinski definition) is 3. The quantitative estimate of drug-likeness (QED) is 0.482. The van der Waals surface area contributed by atoms with Crippen LogP contribution in [0.2, 0.25) is 0 Å². The molecule has 216 valence electrons. The first-order valence-corrected chi connectivity index (χ1v) is 13.1. The van der Waals surface area contributed by atoms with Crippen LogP contribution in [-0.2, 0) is 20.8 Å². The molecule has 0 fully saturated rings. The van der Waals surface area contributed by atoms with Gasteiger partial charge in [-0.15, -0.1) is 0 Å². The van der Waals surface area contributed by atoms with E-state index in [4.69, 9.17) is 9.47 Å². The number of ether oxygens (including phenoxy) is 2. The number of ketones is 1. The number of phenols is 1. The van der Waals surface area contributed by atoms with Crippen LogP contribution in [0, 0.1) is 5.92 Å². The highest BCUT2D eigenvalue weighted by molar-refractivity contribution is 5.99. The average Bonchev–Trinajstić information content (AvgIpc) is 3.38. The summed E-state index contributed by atoms with van der Waals surface area (Å²) >= 11 is 0. The van der Waals surface area contributed by atoms with Crippen molar-refractivity contribution in [2.75, 3.05) is 11.4 Å². The van der Waals surface area contributed by atoms with E-state index in [1.807, 2.05) is 0 Å². The summed E-state index contributed by atoms with van der Waals surface area (Å²) in [5, 5.41) is 31.6. The summed E-state index contributed by atoms with van der Waals surface area (Å²) in [5.41, 5.74) is -0.467. The van der Waals surface area contributed by atoms with Gasteiger partial charge in [0.05, 0.1) is 18.1 Å². The highest BCUT2D eigenvalue weighted by Crippen LogP contribution is 2.32. The molecule has 0 radical (unpaired) electrons. The molecule has 40 heavy (non-hydrogen) atoms. The van der Waals surface area contributed by atoms with E-state index in [0.29, 0.717) is 6.54 Å². The minimum absolute atomic E-state index is 0.122. The summed E-state index contributed by atoms with van der Waals surface area (Å²) in [7, 11) is 0. The zero-order valence-corrected chi connectivity index (χ0v) is 23.4. The maximum atomic E-state index is 13.2. The Hall–Kier alpha value is -3.96. The number of carbonyl (C=O) groups is 3. The van der Waals surface area contributed by atoms with Gasteiger partial charge in [-0.2, -0.15) is 0 Å². The van der Waals surface area contributed by atoms with E-state index in [2.05, 4.69) is 4.98 Å². The summed E-state index contributed by atoms with van der Waals surface area (Å²) in [6.07, 6.45) is 6.01. The van der Waals surface area contributed by atoms with Crippen LogP contribution in [0.4, 0.5) is 10.5 Å². The zero-order chi connectivity index (χ0) is 29.6. The maximum absolute atomic E-state index is 13.2. The normalized spacial score (nSPS) is 23.9. The van der Waals surface area contributed by atoms with Crippen molar-refractivity contribution in [2.45, 2.75) is 71.5 Å². The Balaban J connectivity index is 2.07. The number of aromatic hydroxyl groups is 1. The average molecular weight is 556 g/mol. The van der Waals surface area contributed by atoms with Gasteiger partial charge in [0, 0.05) is 37.5 Å². The van der Waals surface area contributed by atoms with Crippen molar-refractivity contribution in [3.63, 3.8) is 0 Å². The minimum atomic E-state index is -1.64. The number of fused-ring (bicyclic) bond motifs is 1. The number of rotatable bonds is 4. The number of hydrogen-bond acceptors (Lipinski definition) is 9. The molecule has 1 aromatic heterocycles. The number of esters is 1. The fourth-order valence-corrected chi connectivity index (χ4v) is 3.91. The molecule has 4 atom stereocenters. The summed E-state index contributed by atoms with van der Waals surface area (Å²) in [6, 6.07) is 2.82. The van der Waals surface area contributed by atoms with E-state index in [9.17, 15) is 29.7 Å². The Labute approximate surface area is 233 Å². The van der Waals surface area contributed by atoms with Crippen molar-refractivity contribution in [1.82, 2.24) is 9.55 Å². The van der Waals surface area contributed by atoms with Crippen molar-refractivity contribution in [1.29, 1.82) is 0 Å². The summed E-state index contributed by atoms with van der Waals surface area (Å²) in [5.74, 6) is -2.31. The number of benzene rings is 1. The third-order valence-corrected chi connectivity index (χ3v) is 6.33. The zero-order valence-electron chi connectivity index (χ0n) is 23.4. The standard InChI is InChI=1S/C29H37N3O8/c1-18-9-10-23(34)26(36)22(33)8-6-7-20-15-21(16-24(35)25(20)27(37)39-19(18)2)32(28(38)40-29(3,4)5)14-13-31-12-11-30-17-31/h6-7,9-12,15-19,22,26,33,35-36H,8,13-14H2,1-5H3/b7-6+,10-9-/t18-,19+,22+,26+/m1/s1. The molecule has 11 heteroatoms. The van der Waals surface area contributed by atoms with Crippen molar-refractivity contribution in [3.8, 4) is 5.75 Å². The molecule has 2 aromatic rings. The summed E-state index contributed by atoms with van der Waals surface area (Å²) < 4.78 is 13.0. The predicted octanol–water partition coefficient (Wildman–Crippen LogP) is 3.48. The van der Waals surface area contributed by atoms with Crippen LogP contribution in [-0.4, -0.2) is 73.2 Å². The van der Waals surface area contributed by atoms with Gasteiger partial charge >= 0.3 is 12.1 Å². The fraction of sp³-hybridized carbons (Fsp3) is 0.448. The minimum Gasteiger partial charge on any atom is -0.507 e. The molecular weight excluding hydrogens is 518 g/mol. The molecule has 1 aliphatic rings. The number of imidazole rings is 1. The second kappa shape index (κ2) is 12.9. The van der Waals surface area contributed by atoms with E-state index >= 15 is 0 Å². The number of aliphatic hydroxyl groups excluding tert-OH is 2. The fourth-order valence-electron chi connectivity index (χ4n) is 3.91. The molecule has 0 unspecified atom stereocenters. The lowest BCUT2D eigenvalue weighted by atomic mass is 9.99. The van der Waals surface area contributed by atoms with Crippen LogP contribution in [0.1, 0.15) is 57.0 Å². The molecule has 0 bridgehead atoms. The first kappa shape index (κ1) is 30.6. The maximum Gasteiger partial charge on any atom is 0.414 e. The predicted molar refractivity (Wildman–Crippen MR) is 148 cm³/mol. The second-order valence-corrected chi connectivity index (χ2v) is 10.7. The Bertz CT molecular complexity index is 1260. The number of nitrogens with zero attached hydrogens (tertiary/aromatic N) is 3. The van der Waals surface area contributed by atoms with Crippen LogP contribution < -0.4 is 4.90 Å². The largest absolute Gasteiger partial charge is 0.507 e. The molecule has 2 heterocycles. The topological polar surface area (TPSA) is 151 Å². The van der Waals surface area contributed by atoms with Crippen molar-refractivity contribution in [3.05, 3.63) is 60.2 Å². The van der Waals surface area contributed by atoms with Gasteiger partial charge in [0.2, 0.25) is 0 Å². The molecule has 3 rings (SSSR count). The Kier molecular flexibility index (Phi) is 9.88. The third kappa shape index (κ3) is 8.03. The van der Waals surface area contributed by atoms with Crippen LogP contribution in [0.25, 0.3) is 6.08 Å². The van der Waals surface area contributed by atoms with Gasteiger partial charge in [-0.05, 0) is 51.8 Å². The van der Waals surface area contributed by atoms with Gasteiger partial charge in [-0.25, -0.2) is 14.6 Å². The molecule has 1 amide bonds. The molecule has 0 saturated heterocycles. The number of carbonyl (C=O) groups excluding carboxylic acids is 3. The van der Waals surface area contributed by atoms with Gasteiger partial charge in [0.15, 0.2) is 5.78 Å². The first-order valence-electron chi connectivity index (χ1n) is 13.1. The molecular formula is C29H37N3O8. The lowest BCUT2D eigenvalue weighted by Gasteiger charge is -2.28. The molecule has 0 spiro atoms. The second-order valence-electron chi connectivity index (χ2n) is 10.7. The van der Waals surface area contributed by atoms with Crippen molar-refractivity contribution >= 4 is 29.6 Å². The van der Waals surface area contributed by atoms with Crippen molar-refractivity contribution < 1.29 is 39.2 Å². The molecule has 11 nitrogen and oxygen atoms in total. The first-order chi connectivity index (χ1) is 18.8. The van der Waals surface area contributed by atoms with Gasteiger partial charge in [0.25, 0.3) is 0 Å². The lowest BCUT2D eigenvalue weighted by Crippen LogP contribution is -2.38. The summed E-state index contributed by atoms with van der Waals surface area (Å²) in [4.78, 5) is 44.0. The van der Waals surface area contributed by atoms with Gasteiger partial charge in [-0.1, -0.05) is 25.2 Å². The number of phenolic OH excluding ortho intramolecular Hbond substituents is 1. The van der Waals surface area contributed by atoms with Gasteiger partial charge in [0.1, 0.15) is 29.1 Å². The van der Waals surface area contributed by atoms with E-state index in [-0.39, 0.29) is 29.8 Å². The highest BCUT2D eigenvalue weighted by Gasteiger charge is 2.28. The number of aliphatic hydroxyl groups is 2. The molecule has 1 aromatic carbocycles. The highest BCUT2D eigenvalue weighted by atomic mass is 16.6. The number of cyclic esters (lactones) is 1. The van der Waals surface area contributed by atoms with Gasteiger partial charge < -0.3 is 29.4 Å². The lowest BCUT2D eigenvalue weighted by molar-refractivity contribution is -0.127. The van der Waals surface area contributed by atoms with E-state index in [0.717, 1.165) is 6.08 Å². The van der Waals surface area contributed by atoms with Crippen LogP contribution in [0.15, 0.2) is 49.1 Å². The Morgan fingerprint density at radius 2 is 1.93 bits per heavy atom. The monoisotopic (exact) mass is 555 g/mol. The van der Waals surface area contributed by atoms with Crippen molar-refractivity contribution in [2.24, 2.45) is 5.92 Å². The molecule has 0 saturated carbocycles.